The normalized spacial score (nSPS) is 19.7. The smallest absolute Gasteiger partial charge is 0.191 e. The van der Waals surface area contributed by atoms with E-state index in [9.17, 15) is 0 Å². The topological polar surface area (TPSA) is 43.4 Å². The van der Waals surface area contributed by atoms with Crippen LogP contribution in [0.1, 0.15) is 151 Å². The first-order valence-corrected chi connectivity index (χ1v) is 22.0. The molecule has 316 valence electrons. The van der Waals surface area contributed by atoms with Crippen LogP contribution in [0.15, 0.2) is 139 Å². The summed E-state index contributed by atoms with van der Waals surface area (Å²) in [5, 5.41) is 0. The van der Waals surface area contributed by atoms with Gasteiger partial charge in [0, 0.05) is 24.5 Å². The number of ketones is 2. The van der Waals surface area contributed by atoms with Gasteiger partial charge in [-0.05, 0) is 90.3 Å². The molecule has 0 saturated carbocycles. The zero-order valence-corrected chi connectivity index (χ0v) is 39.1. The highest BCUT2D eigenvalue weighted by molar-refractivity contribution is 6.37. The Morgan fingerprint density at radius 1 is 0.459 bits per heavy atom. The average Bonchev–Trinajstić information content (AvgIpc) is 3.37. The predicted molar refractivity (Wildman–Crippen MR) is 254 cm³/mol. The molecule has 2 aliphatic carbocycles. The monoisotopic (exact) mass is 811 g/mol. The van der Waals surface area contributed by atoms with E-state index in [0.717, 1.165) is 39.0 Å². The number of hydrogen-bond acceptors (Lipinski definition) is 3. The molecular weight excluding hydrogens is 745 g/mol. The number of benzene rings is 5. The molecule has 0 saturated heterocycles. The number of aryl methyl sites for hydroxylation is 1. The molecule has 2 bridgehead atoms. The van der Waals surface area contributed by atoms with Gasteiger partial charge in [-0.1, -0.05) is 216 Å². The number of methoxy groups -OCH3 is 1. The maximum Gasteiger partial charge on any atom is 0.191 e. The lowest BCUT2D eigenvalue weighted by molar-refractivity contribution is -0.145. The molecule has 0 radical (unpaired) electrons. The van der Waals surface area contributed by atoms with Gasteiger partial charge in [0.05, 0.1) is 0 Å². The molecule has 5 aromatic carbocycles. The van der Waals surface area contributed by atoms with Crippen molar-refractivity contribution < 1.29 is 14.3 Å². The molecule has 3 nitrogen and oxygen atoms in total. The van der Waals surface area contributed by atoms with Gasteiger partial charge in [-0.25, -0.2) is 0 Å². The minimum atomic E-state index is -1.64. The fourth-order valence-electron chi connectivity index (χ4n) is 9.50. The molecular formula is C58H66O3. The number of fused-ring (bicyclic) bond motifs is 2. The van der Waals surface area contributed by atoms with E-state index in [4.69, 9.17) is 4.74 Å². The second kappa shape index (κ2) is 15.3. The van der Waals surface area contributed by atoms with Crippen LogP contribution >= 0.6 is 0 Å². The molecule has 0 amide bonds. The molecule has 0 heterocycles. The van der Waals surface area contributed by atoms with Crippen molar-refractivity contribution in [3.05, 3.63) is 195 Å². The molecule has 2 atom stereocenters. The number of carbonyl (C=O) groups excluding carboxylic acids is 2. The Labute approximate surface area is 366 Å². The van der Waals surface area contributed by atoms with Crippen LogP contribution in [0.2, 0.25) is 0 Å². The van der Waals surface area contributed by atoms with Gasteiger partial charge >= 0.3 is 0 Å². The quantitative estimate of drug-likeness (QED) is 0.116. The van der Waals surface area contributed by atoms with Crippen LogP contribution in [-0.4, -0.2) is 24.3 Å². The SMILES string of the molecule is COC12C=C(c3ccc(C)cc3)C(=O)C(C(c3ccc(C(C)(C)C)cc3)c3ccc(C(C)(C)C)cc3)(C=C1C(c1ccc(C(C)(C)C)cc1)c1ccc(C(C)(C)C)cc1)C2=O. The number of Topliss-reactive ketones (excluding diaryl/α,β-unsaturated/α-hetero) is 2. The second-order valence-electron chi connectivity index (χ2n) is 21.8. The van der Waals surface area contributed by atoms with E-state index >= 15 is 9.59 Å². The minimum Gasteiger partial charge on any atom is -0.362 e. The Balaban J connectivity index is 1.58. The first-order chi connectivity index (χ1) is 28.4. The van der Waals surface area contributed by atoms with Gasteiger partial charge in [0.15, 0.2) is 17.2 Å². The van der Waals surface area contributed by atoms with Gasteiger partial charge in [0.25, 0.3) is 0 Å². The van der Waals surface area contributed by atoms with Gasteiger partial charge in [0.1, 0.15) is 5.41 Å². The van der Waals surface area contributed by atoms with Gasteiger partial charge in [0.2, 0.25) is 0 Å². The fraction of sp³-hybridized carbons (Fsp3) is 0.379. The summed E-state index contributed by atoms with van der Waals surface area (Å²) in [5.41, 5.74) is 8.40. The van der Waals surface area contributed by atoms with Gasteiger partial charge in [-0.2, -0.15) is 0 Å². The summed E-state index contributed by atoms with van der Waals surface area (Å²) >= 11 is 0. The van der Waals surface area contributed by atoms with Gasteiger partial charge in [-0.15, -0.1) is 0 Å². The molecule has 0 fully saturated rings. The van der Waals surface area contributed by atoms with E-state index in [1.54, 1.807) is 7.11 Å². The van der Waals surface area contributed by atoms with Crippen LogP contribution in [0, 0.1) is 12.3 Å². The van der Waals surface area contributed by atoms with Crippen molar-refractivity contribution in [3.8, 4) is 0 Å². The fourth-order valence-corrected chi connectivity index (χ4v) is 9.50. The van der Waals surface area contributed by atoms with Crippen LogP contribution in [0.5, 0.6) is 0 Å². The van der Waals surface area contributed by atoms with Crippen molar-refractivity contribution in [2.75, 3.05) is 7.11 Å². The molecule has 2 unspecified atom stereocenters. The van der Waals surface area contributed by atoms with E-state index in [0.29, 0.717) is 5.57 Å². The van der Waals surface area contributed by atoms with Crippen LogP contribution in [-0.2, 0) is 36.0 Å². The summed E-state index contributed by atoms with van der Waals surface area (Å²) in [6.07, 6.45) is 3.90. The lowest BCUT2D eigenvalue weighted by Gasteiger charge is -2.42. The van der Waals surface area contributed by atoms with Gasteiger partial charge in [-0.3, -0.25) is 9.59 Å². The highest BCUT2D eigenvalue weighted by Crippen LogP contribution is 2.61. The minimum absolute atomic E-state index is 0.0459. The highest BCUT2D eigenvalue weighted by atomic mass is 16.5. The van der Waals surface area contributed by atoms with Crippen LogP contribution in [0.25, 0.3) is 5.57 Å². The van der Waals surface area contributed by atoms with Gasteiger partial charge < -0.3 is 4.74 Å². The Bertz CT molecular complexity index is 2370. The van der Waals surface area contributed by atoms with E-state index in [1.807, 2.05) is 37.3 Å². The summed E-state index contributed by atoms with van der Waals surface area (Å²) in [6, 6.07) is 42.9. The highest BCUT2D eigenvalue weighted by Gasteiger charge is 2.68. The Kier molecular flexibility index (Phi) is 11.1. The predicted octanol–water partition coefficient (Wildman–Crippen LogP) is 13.7. The number of hydrogen-bond donors (Lipinski definition) is 0. The second-order valence-corrected chi connectivity index (χ2v) is 21.8. The van der Waals surface area contributed by atoms with Crippen LogP contribution < -0.4 is 0 Å². The zero-order chi connectivity index (χ0) is 44.5. The maximum atomic E-state index is 16.3. The van der Waals surface area contributed by atoms with E-state index < -0.39 is 22.9 Å². The standard InChI is InChI=1S/C58H66O3/c1-37-15-17-38(18-16-37)47-35-58(61-14)48(49(39-19-27-43(28-20-39)53(2,3)4)40-21-29-44(30-22-40)54(5,6)7)36-57(51(47)59,52(58)60)50(41-23-31-45(32-24-41)55(8,9)10)42-25-33-46(34-26-42)56(11,12)13/h15-36,49-50H,1-14H3. The van der Waals surface area contributed by atoms with E-state index in [-0.39, 0.29) is 33.2 Å². The first kappa shape index (κ1) is 44.0. The Hall–Kier alpha value is -5.12. The van der Waals surface area contributed by atoms with Crippen molar-refractivity contribution >= 4 is 17.1 Å². The zero-order valence-electron chi connectivity index (χ0n) is 39.1. The third-order valence-corrected chi connectivity index (χ3v) is 13.4. The number of carbonyl (C=O) groups is 2. The summed E-state index contributed by atoms with van der Waals surface area (Å²) in [6.45, 7) is 28.6. The summed E-state index contributed by atoms with van der Waals surface area (Å²) in [7, 11) is 1.63. The van der Waals surface area contributed by atoms with Crippen molar-refractivity contribution in [1.29, 1.82) is 0 Å². The molecule has 2 aliphatic rings. The number of rotatable bonds is 8. The van der Waals surface area contributed by atoms with Crippen LogP contribution in [0.3, 0.4) is 0 Å². The summed E-state index contributed by atoms with van der Waals surface area (Å²) in [4.78, 5) is 32.3. The van der Waals surface area contributed by atoms with E-state index in [1.165, 1.54) is 22.3 Å². The van der Waals surface area contributed by atoms with Crippen molar-refractivity contribution in [3.63, 3.8) is 0 Å². The maximum absolute atomic E-state index is 16.3. The average molecular weight is 811 g/mol. The molecule has 61 heavy (non-hydrogen) atoms. The largest absolute Gasteiger partial charge is 0.362 e. The van der Waals surface area contributed by atoms with Crippen molar-refractivity contribution in [2.45, 2.75) is 129 Å². The van der Waals surface area contributed by atoms with Crippen LogP contribution in [0.4, 0.5) is 0 Å². The molecule has 0 aliphatic heterocycles. The Morgan fingerprint density at radius 3 is 1.13 bits per heavy atom. The molecule has 0 aromatic heterocycles. The lowest BCUT2D eigenvalue weighted by atomic mass is 9.59. The lowest BCUT2D eigenvalue weighted by Crippen LogP contribution is -2.54. The van der Waals surface area contributed by atoms with Crippen molar-refractivity contribution in [1.82, 2.24) is 0 Å². The third-order valence-electron chi connectivity index (χ3n) is 13.4. The van der Waals surface area contributed by atoms with E-state index in [2.05, 4.69) is 186 Å². The van der Waals surface area contributed by atoms with Crippen molar-refractivity contribution in [2.24, 2.45) is 5.41 Å². The molecule has 0 spiro atoms. The molecule has 0 N–H and O–H groups in total. The molecule has 7 rings (SSSR count). The first-order valence-electron chi connectivity index (χ1n) is 22.0. The summed E-state index contributed by atoms with van der Waals surface area (Å²) < 4.78 is 6.73. The third kappa shape index (κ3) is 7.84. The summed E-state index contributed by atoms with van der Waals surface area (Å²) in [5.74, 6) is -1.50. The number of allylic oxidation sites excluding steroid dienone is 2. The molecule has 3 heteroatoms. The number of ether oxygens (including phenoxy) is 1. The molecule has 5 aromatic rings. The Morgan fingerprint density at radius 2 is 0.803 bits per heavy atom.